The van der Waals surface area contributed by atoms with E-state index in [1.165, 1.54) is 0 Å². The molecule has 0 radical (unpaired) electrons. The zero-order valence-corrected chi connectivity index (χ0v) is 11.4. The van der Waals surface area contributed by atoms with Gasteiger partial charge in [0.1, 0.15) is 0 Å². The molecule has 0 unspecified atom stereocenters. The SMILES string of the molecule is CC1(C(=O)N[C@H](CO)c2ccccc2)CCNCC1. The number of carbonyl (C=O) groups excluding carboxylic acids is 1. The topological polar surface area (TPSA) is 61.4 Å². The minimum Gasteiger partial charge on any atom is -0.394 e. The zero-order valence-electron chi connectivity index (χ0n) is 11.4. The lowest BCUT2D eigenvalue weighted by molar-refractivity contribution is -0.132. The van der Waals surface area contributed by atoms with Crippen LogP contribution >= 0.6 is 0 Å². The predicted octanol–water partition coefficient (Wildman–Crippen LogP) is 1.23. The summed E-state index contributed by atoms with van der Waals surface area (Å²) in [5, 5.41) is 15.7. The number of aliphatic hydroxyl groups excluding tert-OH is 1. The van der Waals surface area contributed by atoms with Crippen LogP contribution in [0, 0.1) is 5.41 Å². The van der Waals surface area contributed by atoms with E-state index in [1.807, 2.05) is 37.3 Å². The van der Waals surface area contributed by atoms with Crippen molar-refractivity contribution in [3.8, 4) is 0 Å². The lowest BCUT2D eigenvalue weighted by Gasteiger charge is -2.34. The van der Waals surface area contributed by atoms with Crippen LogP contribution in [0.1, 0.15) is 31.4 Å². The molecule has 1 aromatic carbocycles. The average molecular weight is 262 g/mol. The summed E-state index contributed by atoms with van der Waals surface area (Å²) in [6.07, 6.45) is 1.68. The Hall–Kier alpha value is -1.39. The molecule has 1 aromatic rings. The van der Waals surface area contributed by atoms with Gasteiger partial charge in [-0.3, -0.25) is 4.79 Å². The van der Waals surface area contributed by atoms with Gasteiger partial charge in [0.25, 0.3) is 0 Å². The molecule has 2 rings (SSSR count). The molecule has 1 amide bonds. The van der Waals surface area contributed by atoms with Crippen molar-refractivity contribution in [2.24, 2.45) is 5.41 Å². The van der Waals surface area contributed by atoms with Crippen LogP contribution in [0.3, 0.4) is 0 Å². The van der Waals surface area contributed by atoms with E-state index in [4.69, 9.17) is 0 Å². The second-order valence-electron chi connectivity index (χ2n) is 5.43. The third-order valence-electron chi connectivity index (χ3n) is 3.95. The van der Waals surface area contributed by atoms with Gasteiger partial charge >= 0.3 is 0 Å². The van der Waals surface area contributed by atoms with Crippen LogP contribution in [0.15, 0.2) is 30.3 Å². The number of carbonyl (C=O) groups is 1. The van der Waals surface area contributed by atoms with Gasteiger partial charge in [-0.05, 0) is 31.5 Å². The van der Waals surface area contributed by atoms with E-state index in [-0.39, 0.29) is 24.0 Å². The Kier molecular flexibility index (Phi) is 4.56. The van der Waals surface area contributed by atoms with Crippen molar-refractivity contribution >= 4 is 5.91 Å². The quantitative estimate of drug-likeness (QED) is 0.765. The molecule has 1 saturated heterocycles. The molecule has 104 valence electrons. The number of nitrogens with one attached hydrogen (secondary N) is 2. The number of hydrogen-bond acceptors (Lipinski definition) is 3. The first-order valence-electron chi connectivity index (χ1n) is 6.83. The van der Waals surface area contributed by atoms with Gasteiger partial charge in [0, 0.05) is 5.41 Å². The molecular formula is C15H22N2O2. The third kappa shape index (κ3) is 3.33. The number of amides is 1. The molecule has 3 N–H and O–H groups in total. The van der Waals surface area contributed by atoms with Crippen LogP contribution in [0.25, 0.3) is 0 Å². The fourth-order valence-electron chi connectivity index (χ4n) is 2.46. The lowest BCUT2D eigenvalue weighted by Crippen LogP contribution is -2.47. The summed E-state index contributed by atoms with van der Waals surface area (Å²) in [5.41, 5.74) is 0.615. The van der Waals surface area contributed by atoms with E-state index >= 15 is 0 Å². The van der Waals surface area contributed by atoms with Crippen LogP contribution in [0.4, 0.5) is 0 Å². The Morgan fingerprint density at radius 2 is 2.00 bits per heavy atom. The van der Waals surface area contributed by atoms with Gasteiger partial charge in [-0.2, -0.15) is 0 Å². The number of aliphatic hydroxyl groups is 1. The van der Waals surface area contributed by atoms with Crippen molar-refractivity contribution in [1.82, 2.24) is 10.6 Å². The first kappa shape index (κ1) is 14.0. The summed E-state index contributed by atoms with van der Waals surface area (Å²) in [4.78, 5) is 12.4. The van der Waals surface area contributed by atoms with E-state index in [2.05, 4.69) is 10.6 Å². The first-order chi connectivity index (χ1) is 9.15. The number of benzene rings is 1. The van der Waals surface area contributed by atoms with Crippen molar-refractivity contribution in [2.45, 2.75) is 25.8 Å². The van der Waals surface area contributed by atoms with Gasteiger partial charge < -0.3 is 15.7 Å². The molecule has 0 aromatic heterocycles. The van der Waals surface area contributed by atoms with Crippen molar-refractivity contribution in [2.75, 3.05) is 19.7 Å². The van der Waals surface area contributed by atoms with E-state index in [0.717, 1.165) is 31.5 Å². The van der Waals surface area contributed by atoms with Crippen LogP contribution in [-0.2, 0) is 4.79 Å². The molecule has 0 aliphatic carbocycles. The Morgan fingerprint density at radius 3 is 2.58 bits per heavy atom. The highest BCUT2D eigenvalue weighted by atomic mass is 16.3. The summed E-state index contributed by atoms with van der Waals surface area (Å²) in [5.74, 6) is 0.0388. The second kappa shape index (κ2) is 6.17. The Balaban J connectivity index is 2.04. The molecule has 0 bridgehead atoms. The summed E-state index contributed by atoms with van der Waals surface area (Å²) >= 11 is 0. The molecule has 0 spiro atoms. The maximum Gasteiger partial charge on any atom is 0.226 e. The highest BCUT2D eigenvalue weighted by Gasteiger charge is 2.35. The molecule has 4 heteroatoms. The van der Waals surface area contributed by atoms with Gasteiger partial charge in [-0.15, -0.1) is 0 Å². The van der Waals surface area contributed by atoms with Crippen molar-refractivity contribution in [3.63, 3.8) is 0 Å². The zero-order chi connectivity index (χ0) is 13.7. The van der Waals surface area contributed by atoms with Crippen LogP contribution < -0.4 is 10.6 Å². The van der Waals surface area contributed by atoms with E-state index in [9.17, 15) is 9.90 Å². The molecule has 1 aliphatic heterocycles. The minimum absolute atomic E-state index is 0.0388. The summed E-state index contributed by atoms with van der Waals surface area (Å²) < 4.78 is 0. The van der Waals surface area contributed by atoms with Crippen LogP contribution in [-0.4, -0.2) is 30.7 Å². The maximum atomic E-state index is 12.4. The average Bonchev–Trinajstić information content (AvgIpc) is 2.46. The van der Waals surface area contributed by atoms with Crippen molar-refractivity contribution < 1.29 is 9.90 Å². The lowest BCUT2D eigenvalue weighted by atomic mass is 9.80. The van der Waals surface area contributed by atoms with Gasteiger partial charge in [-0.1, -0.05) is 37.3 Å². The monoisotopic (exact) mass is 262 g/mol. The highest BCUT2D eigenvalue weighted by molar-refractivity contribution is 5.82. The molecule has 1 heterocycles. The molecule has 1 fully saturated rings. The Bertz CT molecular complexity index is 413. The molecule has 1 atom stereocenters. The van der Waals surface area contributed by atoms with Gasteiger partial charge in [-0.25, -0.2) is 0 Å². The standard InChI is InChI=1S/C15H22N2O2/c1-15(7-9-16-10-8-15)14(19)17-13(11-18)12-5-3-2-4-6-12/h2-6,13,16,18H,7-11H2,1H3,(H,17,19)/t13-/m1/s1. The molecular weight excluding hydrogens is 240 g/mol. The second-order valence-corrected chi connectivity index (χ2v) is 5.43. The van der Waals surface area contributed by atoms with Gasteiger partial charge in [0.05, 0.1) is 12.6 Å². The van der Waals surface area contributed by atoms with Crippen LogP contribution in [0.5, 0.6) is 0 Å². The van der Waals surface area contributed by atoms with Gasteiger partial charge in [0.2, 0.25) is 5.91 Å². The fraction of sp³-hybridized carbons (Fsp3) is 0.533. The summed E-state index contributed by atoms with van der Waals surface area (Å²) in [6.45, 7) is 3.67. The smallest absolute Gasteiger partial charge is 0.226 e. The van der Waals surface area contributed by atoms with Crippen molar-refractivity contribution in [1.29, 1.82) is 0 Å². The molecule has 4 nitrogen and oxygen atoms in total. The molecule has 19 heavy (non-hydrogen) atoms. The molecule has 1 aliphatic rings. The van der Waals surface area contributed by atoms with E-state index < -0.39 is 0 Å². The van der Waals surface area contributed by atoms with Crippen molar-refractivity contribution in [3.05, 3.63) is 35.9 Å². The largest absolute Gasteiger partial charge is 0.394 e. The third-order valence-corrected chi connectivity index (χ3v) is 3.95. The number of rotatable bonds is 4. The fourth-order valence-corrected chi connectivity index (χ4v) is 2.46. The van der Waals surface area contributed by atoms with E-state index in [0.29, 0.717) is 0 Å². The number of hydrogen-bond donors (Lipinski definition) is 3. The predicted molar refractivity (Wildman–Crippen MR) is 74.6 cm³/mol. The minimum atomic E-state index is -0.326. The molecule has 0 saturated carbocycles. The Labute approximate surface area is 114 Å². The highest BCUT2D eigenvalue weighted by Crippen LogP contribution is 2.29. The van der Waals surface area contributed by atoms with Crippen LogP contribution in [0.2, 0.25) is 0 Å². The first-order valence-corrected chi connectivity index (χ1v) is 6.83. The van der Waals surface area contributed by atoms with E-state index in [1.54, 1.807) is 0 Å². The number of piperidine rings is 1. The summed E-state index contributed by atoms with van der Waals surface area (Å²) in [7, 11) is 0. The van der Waals surface area contributed by atoms with Gasteiger partial charge in [0.15, 0.2) is 0 Å². The normalized spacial score (nSPS) is 19.7. The maximum absolute atomic E-state index is 12.4. The Morgan fingerprint density at radius 1 is 1.37 bits per heavy atom. The summed E-state index contributed by atoms with van der Waals surface area (Å²) in [6, 6.07) is 9.28.